The average molecular weight is 439 g/mol. The minimum atomic E-state index is -0.532. The van der Waals surface area contributed by atoms with Crippen LogP contribution in [0, 0.1) is 5.82 Å². The van der Waals surface area contributed by atoms with Gasteiger partial charge in [-0.15, -0.1) is 0 Å². The minimum absolute atomic E-state index is 0.119. The van der Waals surface area contributed by atoms with Crippen molar-refractivity contribution in [1.82, 2.24) is 0 Å². The van der Waals surface area contributed by atoms with Crippen molar-refractivity contribution in [3.8, 4) is 5.75 Å². The highest BCUT2D eigenvalue weighted by Gasteiger charge is 2.35. The Balaban J connectivity index is 1.53. The van der Waals surface area contributed by atoms with Crippen LogP contribution in [0.15, 0.2) is 76.5 Å². The summed E-state index contributed by atoms with van der Waals surface area (Å²) in [5.41, 5.74) is 1.35. The molecule has 31 heavy (non-hydrogen) atoms. The molecule has 6 heteroatoms. The van der Waals surface area contributed by atoms with Crippen LogP contribution in [0.5, 0.6) is 5.75 Å². The number of halogens is 1. The Labute approximate surface area is 185 Å². The van der Waals surface area contributed by atoms with Gasteiger partial charge in [-0.25, -0.2) is 4.39 Å². The van der Waals surface area contributed by atoms with Crippen LogP contribution in [-0.4, -0.2) is 31.2 Å². The van der Waals surface area contributed by atoms with Crippen LogP contribution in [0.3, 0.4) is 0 Å². The zero-order valence-corrected chi connectivity index (χ0v) is 18.0. The van der Waals surface area contributed by atoms with Crippen molar-refractivity contribution in [3.63, 3.8) is 0 Å². The molecule has 1 aliphatic heterocycles. The normalized spacial score (nSPS) is 15.5. The predicted molar refractivity (Wildman–Crippen MR) is 117 cm³/mol. The number of rotatable bonds is 6. The molecule has 1 aliphatic rings. The van der Waals surface area contributed by atoms with Gasteiger partial charge in [0, 0.05) is 54.1 Å². The van der Waals surface area contributed by atoms with E-state index >= 15 is 0 Å². The molecule has 0 bridgehead atoms. The van der Waals surface area contributed by atoms with E-state index in [-0.39, 0.29) is 17.3 Å². The van der Waals surface area contributed by atoms with Gasteiger partial charge < -0.3 is 14.6 Å². The second kappa shape index (κ2) is 9.22. The fourth-order valence-electron chi connectivity index (χ4n) is 3.79. The fourth-order valence-corrected chi connectivity index (χ4v) is 4.69. The lowest BCUT2D eigenvalue weighted by molar-refractivity contribution is -0.0950. The van der Waals surface area contributed by atoms with Crippen LogP contribution >= 0.6 is 11.8 Å². The fraction of sp³-hybridized carbons (Fsp3) is 0.240. The maximum atomic E-state index is 14.4. The third-order valence-electron chi connectivity index (χ3n) is 5.57. The topological polar surface area (TPSA) is 55.8 Å². The highest BCUT2D eigenvalue weighted by molar-refractivity contribution is 7.99. The Morgan fingerprint density at radius 3 is 2.19 bits per heavy atom. The van der Waals surface area contributed by atoms with Gasteiger partial charge in [-0.3, -0.25) is 4.79 Å². The number of aromatic hydroxyl groups is 1. The summed E-state index contributed by atoms with van der Waals surface area (Å²) in [6.45, 7) is 1.17. The van der Waals surface area contributed by atoms with E-state index in [4.69, 9.17) is 9.47 Å². The van der Waals surface area contributed by atoms with Gasteiger partial charge in [0.25, 0.3) is 0 Å². The van der Waals surface area contributed by atoms with E-state index in [1.807, 2.05) is 18.2 Å². The third kappa shape index (κ3) is 4.82. The lowest BCUT2D eigenvalue weighted by atomic mass is 9.86. The average Bonchev–Trinajstić information content (AvgIpc) is 2.80. The lowest BCUT2D eigenvalue weighted by Gasteiger charge is -2.36. The molecule has 0 atom stereocenters. The molecule has 0 spiro atoms. The maximum Gasteiger partial charge on any atom is 0.193 e. The Hall–Kier alpha value is -2.67. The number of phenolic OH excluding ortho intramolecular Hbond substituents is 1. The van der Waals surface area contributed by atoms with Crippen molar-refractivity contribution in [2.45, 2.75) is 28.2 Å². The van der Waals surface area contributed by atoms with Crippen LogP contribution in [0.2, 0.25) is 0 Å². The van der Waals surface area contributed by atoms with Gasteiger partial charge in [0.1, 0.15) is 11.6 Å². The first kappa shape index (κ1) is 21.6. The number of ether oxygens (including phenoxy) is 2. The van der Waals surface area contributed by atoms with Gasteiger partial charge in [0.05, 0.1) is 5.60 Å². The number of hydrogen-bond donors (Lipinski definition) is 1. The molecule has 0 unspecified atom stereocenters. The summed E-state index contributed by atoms with van der Waals surface area (Å²) in [7, 11) is 1.66. The zero-order valence-electron chi connectivity index (χ0n) is 17.1. The summed E-state index contributed by atoms with van der Waals surface area (Å²) in [5, 5.41) is 9.38. The Morgan fingerprint density at radius 1 is 0.968 bits per heavy atom. The first-order valence-corrected chi connectivity index (χ1v) is 10.9. The predicted octanol–water partition coefficient (Wildman–Crippen LogP) is 5.57. The van der Waals surface area contributed by atoms with Crippen LogP contribution in [0.25, 0.3) is 0 Å². The monoisotopic (exact) mass is 438 g/mol. The Morgan fingerprint density at radius 2 is 1.58 bits per heavy atom. The van der Waals surface area contributed by atoms with E-state index < -0.39 is 5.60 Å². The first-order chi connectivity index (χ1) is 15.0. The van der Waals surface area contributed by atoms with E-state index in [1.165, 1.54) is 36.0 Å². The van der Waals surface area contributed by atoms with Crippen molar-refractivity contribution < 1.29 is 23.8 Å². The van der Waals surface area contributed by atoms with Crippen LogP contribution in [0.1, 0.15) is 34.3 Å². The number of ketones is 1. The van der Waals surface area contributed by atoms with E-state index in [0.29, 0.717) is 37.2 Å². The minimum Gasteiger partial charge on any atom is -0.508 e. The summed E-state index contributed by atoms with van der Waals surface area (Å²) >= 11 is 1.44. The molecule has 160 valence electrons. The van der Waals surface area contributed by atoms with E-state index in [0.717, 1.165) is 15.4 Å². The quantitative estimate of drug-likeness (QED) is 0.510. The number of benzene rings is 3. The standard InChI is InChI=1S/C25H23FO4S/c1-29-25(10-12-30-13-11-25)19-14-20(26)16-23(15-19)31-22-8-4-18(5-9-22)24(28)17-2-6-21(27)7-3-17/h2-9,14-16,27H,10-13H2,1H3. The van der Waals surface area contributed by atoms with E-state index in [9.17, 15) is 14.3 Å². The molecule has 1 N–H and O–H groups in total. The number of carbonyl (C=O) groups is 1. The third-order valence-corrected chi connectivity index (χ3v) is 6.55. The summed E-state index contributed by atoms with van der Waals surface area (Å²) < 4.78 is 25.7. The number of hydrogen-bond acceptors (Lipinski definition) is 5. The molecule has 1 saturated heterocycles. The zero-order chi connectivity index (χ0) is 21.8. The van der Waals surface area contributed by atoms with Gasteiger partial charge in [-0.05, 0) is 72.3 Å². The van der Waals surface area contributed by atoms with Gasteiger partial charge >= 0.3 is 0 Å². The highest BCUT2D eigenvalue weighted by atomic mass is 32.2. The Kier molecular flexibility index (Phi) is 6.41. The molecule has 0 aromatic heterocycles. The van der Waals surface area contributed by atoms with Crippen LogP contribution < -0.4 is 0 Å². The molecule has 1 heterocycles. The number of phenols is 1. The van der Waals surface area contributed by atoms with Gasteiger partial charge in [-0.1, -0.05) is 11.8 Å². The summed E-state index contributed by atoms with van der Waals surface area (Å²) in [5.74, 6) is -0.304. The van der Waals surface area contributed by atoms with Crippen molar-refractivity contribution in [3.05, 3.63) is 89.2 Å². The van der Waals surface area contributed by atoms with E-state index in [1.54, 1.807) is 31.4 Å². The molecule has 0 radical (unpaired) electrons. The molecule has 0 saturated carbocycles. The summed E-state index contributed by atoms with van der Waals surface area (Å²) in [6.07, 6.45) is 1.37. The van der Waals surface area contributed by atoms with Crippen LogP contribution in [0.4, 0.5) is 4.39 Å². The summed E-state index contributed by atoms with van der Waals surface area (Å²) in [4.78, 5) is 14.3. The van der Waals surface area contributed by atoms with E-state index in [2.05, 4.69) is 0 Å². The van der Waals surface area contributed by atoms with Crippen molar-refractivity contribution in [2.24, 2.45) is 0 Å². The van der Waals surface area contributed by atoms with Crippen molar-refractivity contribution >= 4 is 17.5 Å². The number of methoxy groups -OCH3 is 1. The van der Waals surface area contributed by atoms with Crippen molar-refractivity contribution in [1.29, 1.82) is 0 Å². The van der Waals surface area contributed by atoms with Crippen molar-refractivity contribution in [2.75, 3.05) is 20.3 Å². The lowest BCUT2D eigenvalue weighted by Crippen LogP contribution is -2.35. The SMILES string of the molecule is COC1(c2cc(F)cc(Sc3ccc(C(=O)c4ccc(O)cc4)cc3)c2)CCOCC1. The first-order valence-electron chi connectivity index (χ1n) is 10.0. The summed E-state index contributed by atoms with van der Waals surface area (Å²) in [6, 6.07) is 18.4. The second-order valence-electron chi connectivity index (χ2n) is 7.49. The molecular formula is C25H23FO4S. The molecular weight excluding hydrogens is 415 g/mol. The molecule has 4 nitrogen and oxygen atoms in total. The smallest absolute Gasteiger partial charge is 0.193 e. The molecule has 1 fully saturated rings. The van der Waals surface area contributed by atoms with Gasteiger partial charge in [0.2, 0.25) is 0 Å². The Bertz CT molecular complexity index is 1060. The second-order valence-corrected chi connectivity index (χ2v) is 8.64. The molecule has 4 rings (SSSR count). The molecule has 0 aliphatic carbocycles. The van der Waals surface area contributed by atoms with Crippen LogP contribution in [-0.2, 0) is 15.1 Å². The molecule has 3 aromatic carbocycles. The molecule has 3 aromatic rings. The number of carbonyl (C=O) groups excluding carboxylic acids is 1. The van der Waals surface area contributed by atoms with Gasteiger partial charge in [-0.2, -0.15) is 0 Å². The van der Waals surface area contributed by atoms with Gasteiger partial charge in [0.15, 0.2) is 5.78 Å². The highest BCUT2D eigenvalue weighted by Crippen LogP contribution is 2.39. The largest absolute Gasteiger partial charge is 0.508 e. The maximum absolute atomic E-state index is 14.4. The molecule has 0 amide bonds.